The monoisotopic (exact) mass is 493 g/mol. The molecule has 35 heavy (non-hydrogen) atoms. The summed E-state index contributed by atoms with van der Waals surface area (Å²) in [6.45, 7) is 1.84. The highest BCUT2D eigenvalue weighted by Crippen LogP contribution is 2.37. The third-order valence-corrected chi connectivity index (χ3v) is 8.03. The largest absolute Gasteiger partial charge is 0.383 e. The Morgan fingerprint density at radius 1 is 1.09 bits per heavy atom. The van der Waals surface area contributed by atoms with Crippen LogP contribution in [0.1, 0.15) is 36.4 Å². The van der Waals surface area contributed by atoms with Crippen molar-refractivity contribution in [1.29, 1.82) is 0 Å². The van der Waals surface area contributed by atoms with E-state index in [1.54, 1.807) is 12.3 Å². The van der Waals surface area contributed by atoms with Crippen LogP contribution in [0.3, 0.4) is 0 Å². The maximum absolute atomic E-state index is 13.7. The maximum Gasteiger partial charge on any atom is 0.213 e. The molecule has 7 nitrogen and oxygen atoms in total. The van der Waals surface area contributed by atoms with Gasteiger partial charge in [-0.2, -0.15) is 8.70 Å². The Kier molecular flexibility index (Phi) is 6.39. The van der Waals surface area contributed by atoms with Gasteiger partial charge in [0.2, 0.25) is 16.0 Å². The fraction of sp³-hybridized carbons (Fsp3) is 0.308. The lowest BCUT2D eigenvalue weighted by Gasteiger charge is -2.26. The van der Waals surface area contributed by atoms with E-state index in [0.717, 1.165) is 36.1 Å². The van der Waals surface area contributed by atoms with Crippen LogP contribution < -0.4 is 11.1 Å². The van der Waals surface area contributed by atoms with E-state index in [9.17, 15) is 12.8 Å². The minimum atomic E-state index is -3.20. The van der Waals surface area contributed by atoms with Crippen molar-refractivity contribution in [2.24, 2.45) is 0 Å². The van der Waals surface area contributed by atoms with Crippen LogP contribution >= 0.6 is 0 Å². The van der Waals surface area contributed by atoms with Gasteiger partial charge in [-0.3, -0.25) is 0 Å². The molecular formula is C26H28FN5O2S. The van der Waals surface area contributed by atoms with Gasteiger partial charge in [-0.25, -0.2) is 18.4 Å². The summed E-state index contributed by atoms with van der Waals surface area (Å²) in [4.78, 5) is 8.00. The Morgan fingerprint density at radius 3 is 2.63 bits per heavy atom. The molecule has 3 N–H and O–H groups in total. The van der Waals surface area contributed by atoms with E-state index in [1.807, 2.05) is 12.1 Å². The van der Waals surface area contributed by atoms with E-state index in [2.05, 4.69) is 33.5 Å². The number of nitrogens with one attached hydrogen (secondary N) is 1. The summed E-state index contributed by atoms with van der Waals surface area (Å²) in [6.07, 6.45) is 9.26. The Morgan fingerprint density at radius 2 is 1.94 bits per heavy atom. The third-order valence-electron chi connectivity index (χ3n) is 6.76. The zero-order chi connectivity index (χ0) is 24.6. The second-order valence-electron chi connectivity index (χ2n) is 9.08. The van der Waals surface area contributed by atoms with Gasteiger partial charge in [-0.05, 0) is 71.8 Å². The van der Waals surface area contributed by atoms with Crippen molar-refractivity contribution >= 4 is 21.4 Å². The highest BCUT2D eigenvalue weighted by atomic mass is 32.2. The molecule has 0 amide bonds. The van der Waals surface area contributed by atoms with Crippen LogP contribution in [0, 0.1) is 5.95 Å². The van der Waals surface area contributed by atoms with Gasteiger partial charge in [0.15, 0.2) is 0 Å². The van der Waals surface area contributed by atoms with Crippen molar-refractivity contribution in [1.82, 2.24) is 19.6 Å². The first kappa shape index (κ1) is 23.6. The molecule has 0 radical (unpaired) electrons. The molecule has 5 rings (SSSR count). The number of nitrogens with two attached hydrogens (primary N) is 1. The van der Waals surface area contributed by atoms with Gasteiger partial charge < -0.3 is 11.1 Å². The average Bonchev–Trinajstić information content (AvgIpc) is 3.39. The summed E-state index contributed by atoms with van der Waals surface area (Å²) in [5, 5.41) is 3.60. The Labute approximate surface area is 205 Å². The fourth-order valence-corrected chi connectivity index (χ4v) is 5.67. The van der Waals surface area contributed by atoms with E-state index >= 15 is 0 Å². The zero-order valence-electron chi connectivity index (χ0n) is 19.5. The van der Waals surface area contributed by atoms with Crippen LogP contribution in [0.2, 0.25) is 0 Å². The van der Waals surface area contributed by atoms with E-state index in [0.29, 0.717) is 36.5 Å². The normalized spacial score (nSPS) is 19.0. The quantitative estimate of drug-likeness (QED) is 0.521. The highest BCUT2D eigenvalue weighted by molar-refractivity contribution is 7.88. The standard InChI is InChI=1S/C26H28FN5O2S/c1-35(33,34)32-11-7-17(8-12-32)21-5-4-18(13-23(21)24-3-2-9-29-24)20-14-22(26(28)31-16-20)19-6-10-30-25(27)15-19/h4-7,10,13-16,24,29H,2-3,8-9,11-12H2,1H3,(H2,28,31)/t24-/m0/s1. The number of anilines is 1. The minimum absolute atomic E-state index is 0.231. The van der Waals surface area contributed by atoms with E-state index in [4.69, 9.17) is 5.73 Å². The van der Waals surface area contributed by atoms with E-state index in [1.165, 1.54) is 34.0 Å². The molecule has 2 aliphatic rings. The van der Waals surface area contributed by atoms with Gasteiger partial charge in [0.05, 0.1) is 6.26 Å². The number of hydrogen-bond donors (Lipinski definition) is 2. The molecule has 2 aliphatic heterocycles. The van der Waals surface area contributed by atoms with Gasteiger partial charge in [0.1, 0.15) is 5.82 Å². The summed E-state index contributed by atoms with van der Waals surface area (Å²) in [7, 11) is -3.20. The van der Waals surface area contributed by atoms with Gasteiger partial charge >= 0.3 is 0 Å². The van der Waals surface area contributed by atoms with Crippen molar-refractivity contribution in [2.75, 3.05) is 31.6 Å². The molecule has 0 bridgehead atoms. The van der Waals surface area contributed by atoms with E-state index < -0.39 is 16.0 Å². The summed E-state index contributed by atoms with van der Waals surface area (Å²) in [5.41, 5.74) is 12.8. The SMILES string of the molecule is CS(=O)(=O)N1CC=C(c2ccc(-c3cnc(N)c(-c4ccnc(F)c4)c3)cc2[C@@H]2CCCN2)CC1. The lowest BCUT2D eigenvalue weighted by Crippen LogP contribution is -2.33. The molecule has 0 saturated carbocycles. The van der Waals surface area contributed by atoms with Crippen molar-refractivity contribution in [2.45, 2.75) is 25.3 Å². The molecule has 4 heterocycles. The molecule has 9 heteroatoms. The maximum atomic E-state index is 13.7. The van der Waals surface area contributed by atoms with Crippen LogP contribution in [-0.2, 0) is 10.0 Å². The van der Waals surface area contributed by atoms with Crippen molar-refractivity contribution in [3.63, 3.8) is 0 Å². The van der Waals surface area contributed by atoms with E-state index in [-0.39, 0.29) is 6.04 Å². The van der Waals surface area contributed by atoms with Crippen molar-refractivity contribution in [3.8, 4) is 22.3 Å². The Hall–Kier alpha value is -3.14. The predicted molar refractivity (Wildman–Crippen MR) is 136 cm³/mol. The lowest BCUT2D eigenvalue weighted by molar-refractivity contribution is 0.445. The number of sulfonamides is 1. The molecule has 1 fully saturated rings. The summed E-state index contributed by atoms with van der Waals surface area (Å²) in [6, 6.07) is 11.6. The third kappa shape index (κ3) is 4.98. The molecule has 1 aromatic carbocycles. The first-order valence-corrected chi connectivity index (χ1v) is 13.5. The minimum Gasteiger partial charge on any atom is -0.383 e. The Bertz CT molecular complexity index is 1400. The molecule has 2 aromatic heterocycles. The number of pyridine rings is 2. The smallest absolute Gasteiger partial charge is 0.213 e. The summed E-state index contributed by atoms with van der Waals surface area (Å²) in [5.74, 6) is -0.238. The predicted octanol–water partition coefficient (Wildman–Crippen LogP) is 4.01. The molecule has 0 aliphatic carbocycles. The number of halogens is 1. The van der Waals surface area contributed by atoms with Crippen LogP contribution in [-0.4, -0.2) is 48.6 Å². The van der Waals surface area contributed by atoms with Crippen LogP contribution in [0.15, 0.2) is 54.9 Å². The van der Waals surface area contributed by atoms with Gasteiger partial charge in [-0.15, -0.1) is 0 Å². The number of nitrogen functional groups attached to an aromatic ring is 1. The number of aromatic nitrogens is 2. The van der Waals surface area contributed by atoms with Crippen LogP contribution in [0.5, 0.6) is 0 Å². The number of benzene rings is 1. The number of hydrogen-bond acceptors (Lipinski definition) is 6. The van der Waals surface area contributed by atoms with Gasteiger partial charge in [0, 0.05) is 48.7 Å². The van der Waals surface area contributed by atoms with Crippen molar-refractivity contribution in [3.05, 3.63) is 71.9 Å². The van der Waals surface area contributed by atoms with Gasteiger partial charge in [0.25, 0.3) is 0 Å². The second-order valence-corrected chi connectivity index (χ2v) is 11.1. The first-order chi connectivity index (χ1) is 16.8. The van der Waals surface area contributed by atoms with Gasteiger partial charge in [-0.1, -0.05) is 18.2 Å². The summed E-state index contributed by atoms with van der Waals surface area (Å²) < 4.78 is 39.1. The number of nitrogens with zero attached hydrogens (tertiary/aromatic N) is 3. The van der Waals surface area contributed by atoms with Crippen LogP contribution in [0.4, 0.5) is 10.2 Å². The Balaban J connectivity index is 1.54. The molecule has 1 atom stereocenters. The lowest BCUT2D eigenvalue weighted by atomic mass is 9.88. The molecule has 3 aromatic rings. The van der Waals surface area contributed by atoms with Crippen LogP contribution in [0.25, 0.3) is 27.8 Å². The molecular weight excluding hydrogens is 465 g/mol. The second kappa shape index (κ2) is 9.49. The van der Waals surface area contributed by atoms with Crippen molar-refractivity contribution < 1.29 is 12.8 Å². The number of rotatable bonds is 5. The average molecular weight is 494 g/mol. The molecule has 182 valence electrons. The first-order valence-electron chi connectivity index (χ1n) is 11.7. The summed E-state index contributed by atoms with van der Waals surface area (Å²) >= 11 is 0. The fourth-order valence-electron chi connectivity index (χ4n) is 4.90. The zero-order valence-corrected chi connectivity index (χ0v) is 20.4. The highest BCUT2D eigenvalue weighted by Gasteiger charge is 2.25. The molecule has 0 unspecified atom stereocenters. The topological polar surface area (TPSA) is 101 Å². The molecule has 1 saturated heterocycles. The molecule has 0 spiro atoms.